The average molecular weight is 388 g/mol. The van der Waals surface area contributed by atoms with Crippen molar-refractivity contribution in [3.05, 3.63) is 59.2 Å². The number of aryl methyl sites for hydroxylation is 2. The van der Waals surface area contributed by atoms with Gasteiger partial charge in [-0.2, -0.15) is 4.31 Å². The first kappa shape index (κ1) is 19.4. The van der Waals surface area contributed by atoms with E-state index < -0.39 is 10.0 Å². The maximum atomic E-state index is 12.9. The average Bonchev–Trinajstić information content (AvgIpc) is 2.69. The molecule has 1 fully saturated rings. The molecular weight excluding hydrogens is 364 g/mol. The van der Waals surface area contributed by atoms with Crippen LogP contribution >= 0.6 is 0 Å². The first-order chi connectivity index (χ1) is 12.8. The van der Waals surface area contributed by atoms with Crippen LogP contribution in [0.5, 0.6) is 5.75 Å². The zero-order chi connectivity index (χ0) is 19.6. The number of hydrogen-bond donors (Lipinski definition) is 0. The van der Waals surface area contributed by atoms with E-state index in [0.29, 0.717) is 29.3 Å². The highest BCUT2D eigenvalue weighted by Crippen LogP contribution is 2.23. The summed E-state index contributed by atoms with van der Waals surface area (Å²) < 4.78 is 32.5. The Hall–Kier alpha value is -2.38. The number of piperazine rings is 1. The second-order valence-corrected chi connectivity index (χ2v) is 8.58. The lowest BCUT2D eigenvalue weighted by atomic mass is 10.1. The minimum absolute atomic E-state index is 0.143. The Bertz CT molecular complexity index is 948. The monoisotopic (exact) mass is 388 g/mol. The van der Waals surface area contributed by atoms with Crippen molar-refractivity contribution in [2.75, 3.05) is 33.3 Å². The third kappa shape index (κ3) is 3.84. The number of benzene rings is 2. The van der Waals surface area contributed by atoms with E-state index >= 15 is 0 Å². The minimum Gasteiger partial charge on any atom is -0.496 e. The zero-order valence-electron chi connectivity index (χ0n) is 15.8. The van der Waals surface area contributed by atoms with E-state index in [1.165, 1.54) is 11.4 Å². The molecule has 2 aromatic rings. The predicted molar refractivity (Wildman–Crippen MR) is 104 cm³/mol. The highest BCUT2D eigenvalue weighted by Gasteiger charge is 2.31. The van der Waals surface area contributed by atoms with Crippen LogP contribution in [0.1, 0.15) is 21.5 Å². The molecule has 0 aliphatic carbocycles. The van der Waals surface area contributed by atoms with Gasteiger partial charge in [0.2, 0.25) is 10.0 Å². The van der Waals surface area contributed by atoms with Crippen molar-refractivity contribution < 1.29 is 17.9 Å². The summed E-state index contributed by atoms with van der Waals surface area (Å²) in [5, 5.41) is 0. The molecule has 0 unspecified atom stereocenters. The molecule has 0 aromatic heterocycles. The Kier molecular flexibility index (Phi) is 5.53. The van der Waals surface area contributed by atoms with Gasteiger partial charge in [-0.25, -0.2) is 8.42 Å². The SMILES string of the molecule is COc1ccccc1C(=O)N1CCN(S(=O)(=O)c2ccc(C)c(C)c2)CC1. The second kappa shape index (κ2) is 7.70. The summed E-state index contributed by atoms with van der Waals surface area (Å²) in [6.45, 7) is 5.10. The number of sulfonamides is 1. The molecule has 7 heteroatoms. The number of amides is 1. The summed E-state index contributed by atoms with van der Waals surface area (Å²) in [5.41, 5.74) is 2.49. The van der Waals surface area contributed by atoms with E-state index in [4.69, 9.17) is 4.74 Å². The fraction of sp³-hybridized carbons (Fsp3) is 0.350. The van der Waals surface area contributed by atoms with Gasteiger partial charge >= 0.3 is 0 Å². The molecule has 2 aromatic carbocycles. The van der Waals surface area contributed by atoms with Crippen molar-refractivity contribution >= 4 is 15.9 Å². The fourth-order valence-corrected chi connectivity index (χ4v) is 4.65. The van der Waals surface area contributed by atoms with E-state index in [2.05, 4.69) is 0 Å². The maximum absolute atomic E-state index is 12.9. The summed E-state index contributed by atoms with van der Waals surface area (Å²) in [5.74, 6) is 0.378. The van der Waals surface area contributed by atoms with Gasteiger partial charge < -0.3 is 9.64 Å². The van der Waals surface area contributed by atoms with E-state index in [1.807, 2.05) is 26.0 Å². The Labute approximate surface area is 160 Å². The van der Waals surface area contributed by atoms with Gasteiger partial charge in [-0.15, -0.1) is 0 Å². The van der Waals surface area contributed by atoms with Crippen LogP contribution in [-0.4, -0.2) is 56.8 Å². The topological polar surface area (TPSA) is 66.9 Å². The van der Waals surface area contributed by atoms with E-state index in [-0.39, 0.29) is 19.0 Å². The third-order valence-corrected chi connectivity index (χ3v) is 6.87. The Morgan fingerprint density at radius 2 is 1.63 bits per heavy atom. The molecule has 0 spiro atoms. The fourth-order valence-electron chi connectivity index (χ4n) is 3.15. The molecule has 0 saturated carbocycles. The molecule has 6 nitrogen and oxygen atoms in total. The summed E-state index contributed by atoms with van der Waals surface area (Å²) in [6.07, 6.45) is 0. The summed E-state index contributed by atoms with van der Waals surface area (Å²) in [7, 11) is -2.03. The molecular formula is C20H24N2O4S. The number of hydrogen-bond acceptors (Lipinski definition) is 4. The largest absolute Gasteiger partial charge is 0.496 e. The van der Waals surface area contributed by atoms with Gasteiger partial charge in [0.15, 0.2) is 0 Å². The molecule has 144 valence electrons. The van der Waals surface area contributed by atoms with Crippen LogP contribution in [0.2, 0.25) is 0 Å². The van der Waals surface area contributed by atoms with Crippen molar-refractivity contribution in [2.24, 2.45) is 0 Å². The number of carbonyl (C=O) groups is 1. The molecule has 0 bridgehead atoms. The maximum Gasteiger partial charge on any atom is 0.257 e. The van der Waals surface area contributed by atoms with Crippen LogP contribution < -0.4 is 4.74 Å². The van der Waals surface area contributed by atoms with Gasteiger partial charge in [0, 0.05) is 26.2 Å². The number of methoxy groups -OCH3 is 1. The smallest absolute Gasteiger partial charge is 0.257 e. The predicted octanol–water partition coefficient (Wildman–Crippen LogP) is 2.46. The quantitative estimate of drug-likeness (QED) is 0.807. The van der Waals surface area contributed by atoms with Gasteiger partial charge in [-0.3, -0.25) is 4.79 Å². The Morgan fingerprint density at radius 3 is 2.26 bits per heavy atom. The van der Waals surface area contributed by atoms with Crippen LogP contribution in [0.3, 0.4) is 0 Å². The van der Waals surface area contributed by atoms with Crippen molar-refractivity contribution in [2.45, 2.75) is 18.7 Å². The Balaban J connectivity index is 1.73. The van der Waals surface area contributed by atoms with Crippen LogP contribution in [0.15, 0.2) is 47.4 Å². The normalized spacial score (nSPS) is 15.6. The van der Waals surface area contributed by atoms with E-state index in [9.17, 15) is 13.2 Å². The van der Waals surface area contributed by atoms with Gasteiger partial charge in [-0.05, 0) is 49.2 Å². The Morgan fingerprint density at radius 1 is 0.963 bits per heavy atom. The summed E-state index contributed by atoms with van der Waals surface area (Å²) in [6, 6.07) is 12.2. The van der Waals surface area contributed by atoms with Gasteiger partial charge in [0.25, 0.3) is 5.91 Å². The lowest BCUT2D eigenvalue weighted by molar-refractivity contribution is 0.0694. The molecule has 0 atom stereocenters. The number of nitrogens with zero attached hydrogens (tertiary/aromatic N) is 2. The first-order valence-electron chi connectivity index (χ1n) is 8.84. The molecule has 0 N–H and O–H groups in total. The molecule has 1 amide bonds. The number of para-hydroxylation sites is 1. The third-order valence-electron chi connectivity index (χ3n) is 4.98. The lowest BCUT2D eigenvalue weighted by Crippen LogP contribution is -2.50. The molecule has 0 radical (unpaired) electrons. The van der Waals surface area contributed by atoms with Crippen LogP contribution in [-0.2, 0) is 10.0 Å². The minimum atomic E-state index is -3.56. The van der Waals surface area contributed by atoms with Gasteiger partial charge in [-0.1, -0.05) is 18.2 Å². The molecule has 3 rings (SSSR count). The molecule has 1 saturated heterocycles. The van der Waals surface area contributed by atoms with Crippen molar-refractivity contribution in [1.82, 2.24) is 9.21 Å². The summed E-state index contributed by atoms with van der Waals surface area (Å²) in [4.78, 5) is 14.7. The van der Waals surface area contributed by atoms with E-state index in [1.54, 1.807) is 35.2 Å². The first-order valence-corrected chi connectivity index (χ1v) is 10.3. The highest BCUT2D eigenvalue weighted by atomic mass is 32.2. The molecule has 1 heterocycles. The van der Waals surface area contributed by atoms with Crippen LogP contribution in [0.4, 0.5) is 0 Å². The number of rotatable bonds is 4. The van der Waals surface area contributed by atoms with Gasteiger partial charge in [0.05, 0.1) is 17.6 Å². The molecule has 1 aliphatic rings. The summed E-state index contributed by atoms with van der Waals surface area (Å²) >= 11 is 0. The highest BCUT2D eigenvalue weighted by molar-refractivity contribution is 7.89. The van der Waals surface area contributed by atoms with E-state index in [0.717, 1.165) is 11.1 Å². The molecule has 27 heavy (non-hydrogen) atoms. The standard InChI is InChI=1S/C20H24N2O4S/c1-15-8-9-17(14-16(15)2)27(24,25)22-12-10-21(11-13-22)20(23)18-6-4-5-7-19(18)26-3/h4-9,14H,10-13H2,1-3H3. The van der Waals surface area contributed by atoms with Gasteiger partial charge in [0.1, 0.15) is 5.75 Å². The second-order valence-electron chi connectivity index (χ2n) is 6.64. The lowest BCUT2D eigenvalue weighted by Gasteiger charge is -2.34. The van der Waals surface area contributed by atoms with Crippen molar-refractivity contribution in [1.29, 1.82) is 0 Å². The van der Waals surface area contributed by atoms with Crippen molar-refractivity contribution in [3.63, 3.8) is 0 Å². The number of ether oxygens (including phenoxy) is 1. The number of carbonyl (C=O) groups excluding carboxylic acids is 1. The zero-order valence-corrected chi connectivity index (χ0v) is 16.6. The molecule has 1 aliphatic heterocycles. The van der Waals surface area contributed by atoms with Crippen LogP contribution in [0, 0.1) is 13.8 Å². The van der Waals surface area contributed by atoms with Crippen LogP contribution in [0.25, 0.3) is 0 Å². The van der Waals surface area contributed by atoms with Crippen molar-refractivity contribution in [3.8, 4) is 5.75 Å².